The maximum absolute atomic E-state index is 12.9. The number of amides is 1. The maximum Gasteiger partial charge on any atom is 0.338 e. The van der Waals surface area contributed by atoms with Crippen LogP contribution in [0, 0.1) is 0 Å². The van der Waals surface area contributed by atoms with Crippen molar-refractivity contribution in [1.29, 1.82) is 0 Å². The minimum atomic E-state index is -0.512. The van der Waals surface area contributed by atoms with E-state index in [4.69, 9.17) is 4.74 Å². The molecule has 130 valence electrons. The van der Waals surface area contributed by atoms with E-state index in [1.54, 1.807) is 11.8 Å². The number of benzene rings is 1. The van der Waals surface area contributed by atoms with Crippen molar-refractivity contribution in [3.8, 4) is 0 Å². The van der Waals surface area contributed by atoms with Crippen LogP contribution in [0.25, 0.3) is 0 Å². The molecule has 2 heterocycles. The van der Waals surface area contributed by atoms with E-state index in [1.165, 1.54) is 17.8 Å². The van der Waals surface area contributed by atoms with Crippen molar-refractivity contribution in [2.75, 3.05) is 6.61 Å². The van der Waals surface area contributed by atoms with Gasteiger partial charge in [0.25, 0.3) is 0 Å². The molecule has 0 spiro atoms. The standard InChI is InChI=1S/C19H20N2O3S/c1-4-11-24-18(23)15-12(3)20-19-21(17(22)14(5-2)25-19)16(15)13-9-7-6-8-10-13/h4,6-10,14,16H,1,5,11H2,2-3H3/t14-,16-/m1/s1. The van der Waals surface area contributed by atoms with Gasteiger partial charge in [-0.3, -0.25) is 9.69 Å². The zero-order valence-corrected chi connectivity index (χ0v) is 15.1. The van der Waals surface area contributed by atoms with Crippen molar-refractivity contribution < 1.29 is 14.3 Å². The smallest absolute Gasteiger partial charge is 0.338 e. The van der Waals surface area contributed by atoms with Gasteiger partial charge in [0.1, 0.15) is 6.61 Å². The number of aliphatic imine (C=N–C) groups is 1. The fraction of sp³-hybridized carbons (Fsp3) is 0.316. The van der Waals surface area contributed by atoms with Gasteiger partial charge in [-0.05, 0) is 18.9 Å². The molecule has 0 unspecified atom stereocenters. The van der Waals surface area contributed by atoms with Gasteiger partial charge in [-0.2, -0.15) is 0 Å². The van der Waals surface area contributed by atoms with E-state index < -0.39 is 12.0 Å². The molecular formula is C19H20N2O3S. The Morgan fingerprint density at radius 1 is 1.40 bits per heavy atom. The Labute approximate surface area is 151 Å². The minimum Gasteiger partial charge on any atom is -0.458 e. The van der Waals surface area contributed by atoms with E-state index in [0.29, 0.717) is 16.4 Å². The zero-order valence-electron chi connectivity index (χ0n) is 14.3. The highest BCUT2D eigenvalue weighted by molar-refractivity contribution is 8.15. The van der Waals surface area contributed by atoms with Crippen LogP contribution < -0.4 is 0 Å². The number of hydrogen-bond donors (Lipinski definition) is 0. The Hall–Kier alpha value is -2.34. The molecule has 0 aromatic heterocycles. The molecule has 5 nitrogen and oxygen atoms in total. The molecule has 1 aromatic carbocycles. The van der Waals surface area contributed by atoms with Gasteiger partial charge in [-0.15, -0.1) is 0 Å². The fourth-order valence-corrected chi connectivity index (χ4v) is 4.15. The number of hydrogen-bond acceptors (Lipinski definition) is 5. The Balaban J connectivity index is 2.09. The highest BCUT2D eigenvalue weighted by Gasteiger charge is 2.47. The van der Waals surface area contributed by atoms with Crippen LogP contribution in [-0.4, -0.2) is 33.8 Å². The van der Waals surface area contributed by atoms with E-state index in [-0.39, 0.29) is 17.8 Å². The van der Waals surface area contributed by atoms with Crippen LogP contribution in [0.4, 0.5) is 0 Å². The molecule has 3 rings (SSSR count). The Kier molecular flexibility index (Phi) is 5.08. The fourth-order valence-electron chi connectivity index (χ4n) is 3.01. The largest absolute Gasteiger partial charge is 0.458 e. The average Bonchev–Trinajstić information content (AvgIpc) is 2.94. The van der Waals surface area contributed by atoms with Crippen LogP contribution >= 0.6 is 11.8 Å². The summed E-state index contributed by atoms with van der Waals surface area (Å²) in [6.07, 6.45) is 2.24. The summed E-state index contributed by atoms with van der Waals surface area (Å²) in [6.45, 7) is 7.46. The lowest BCUT2D eigenvalue weighted by Crippen LogP contribution is -2.40. The number of amidine groups is 1. The number of allylic oxidation sites excluding steroid dienone is 1. The molecular weight excluding hydrogens is 336 g/mol. The zero-order chi connectivity index (χ0) is 18.0. The summed E-state index contributed by atoms with van der Waals surface area (Å²) in [5.41, 5.74) is 1.86. The first-order valence-electron chi connectivity index (χ1n) is 8.20. The SMILES string of the molecule is C=CCOC(=O)C1=C(C)N=C2S[C@H](CC)C(=O)N2[C@@H]1c1ccccc1. The molecule has 1 amide bonds. The molecule has 2 atom stereocenters. The van der Waals surface area contributed by atoms with Crippen LogP contribution in [0.3, 0.4) is 0 Å². The monoisotopic (exact) mass is 356 g/mol. The normalized spacial score (nSPS) is 22.6. The molecule has 1 aromatic rings. The first-order valence-corrected chi connectivity index (χ1v) is 9.08. The van der Waals surface area contributed by atoms with Crippen LogP contribution in [0.15, 0.2) is 59.2 Å². The lowest BCUT2D eigenvalue weighted by molar-refractivity contribution is -0.139. The third-order valence-corrected chi connectivity index (χ3v) is 5.51. The number of carbonyl (C=O) groups excluding carboxylic acids is 2. The van der Waals surface area contributed by atoms with Gasteiger partial charge in [0.2, 0.25) is 5.91 Å². The van der Waals surface area contributed by atoms with E-state index in [2.05, 4.69) is 11.6 Å². The van der Waals surface area contributed by atoms with Crippen molar-refractivity contribution >= 4 is 28.8 Å². The van der Waals surface area contributed by atoms with Gasteiger partial charge >= 0.3 is 5.97 Å². The van der Waals surface area contributed by atoms with E-state index in [9.17, 15) is 9.59 Å². The van der Waals surface area contributed by atoms with E-state index in [1.807, 2.05) is 37.3 Å². The van der Waals surface area contributed by atoms with Gasteiger partial charge in [-0.1, -0.05) is 61.7 Å². The number of thioether (sulfide) groups is 1. The Morgan fingerprint density at radius 2 is 2.12 bits per heavy atom. The number of rotatable bonds is 5. The summed E-state index contributed by atoms with van der Waals surface area (Å²) in [6, 6.07) is 9.02. The van der Waals surface area contributed by atoms with Gasteiger partial charge in [-0.25, -0.2) is 9.79 Å². The average molecular weight is 356 g/mol. The molecule has 2 aliphatic heterocycles. The predicted molar refractivity (Wildman–Crippen MR) is 99.0 cm³/mol. The molecule has 25 heavy (non-hydrogen) atoms. The molecule has 1 saturated heterocycles. The molecule has 1 fully saturated rings. The quantitative estimate of drug-likeness (QED) is 0.599. The van der Waals surface area contributed by atoms with Gasteiger partial charge in [0.15, 0.2) is 5.17 Å². The van der Waals surface area contributed by atoms with Gasteiger partial charge in [0, 0.05) is 0 Å². The lowest BCUT2D eigenvalue weighted by atomic mass is 9.94. The summed E-state index contributed by atoms with van der Waals surface area (Å²) < 4.78 is 5.26. The van der Waals surface area contributed by atoms with E-state index in [0.717, 1.165) is 12.0 Å². The number of carbonyl (C=O) groups is 2. The molecule has 2 aliphatic rings. The second-order valence-electron chi connectivity index (χ2n) is 5.82. The van der Waals surface area contributed by atoms with Crippen molar-refractivity contribution in [2.45, 2.75) is 31.6 Å². The third kappa shape index (κ3) is 3.14. The van der Waals surface area contributed by atoms with Gasteiger partial charge < -0.3 is 4.74 Å². The van der Waals surface area contributed by atoms with E-state index >= 15 is 0 Å². The van der Waals surface area contributed by atoms with Crippen LogP contribution in [0.2, 0.25) is 0 Å². The summed E-state index contributed by atoms with van der Waals surface area (Å²) >= 11 is 1.46. The molecule has 6 heteroatoms. The molecule has 0 radical (unpaired) electrons. The van der Waals surface area contributed by atoms with Crippen molar-refractivity contribution in [3.05, 3.63) is 59.8 Å². The predicted octanol–water partition coefficient (Wildman–Crippen LogP) is 3.45. The van der Waals surface area contributed by atoms with Crippen LogP contribution in [0.1, 0.15) is 31.9 Å². The number of nitrogens with zero attached hydrogens (tertiary/aromatic N) is 2. The molecule has 0 saturated carbocycles. The molecule has 0 aliphatic carbocycles. The number of ether oxygens (including phenoxy) is 1. The van der Waals surface area contributed by atoms with Crippen LogP contribution in [-0.2, 0) is 14.3 Å². The maximum atomic E-state index is 12.9. The van der Waals surface area contributed by atoms with Crippen LogP contribution in [0.5, 0.6) is 0 Å². The Bertz CT molecular complexity index is 770. The van der Waals surface area contributed by atoms with Crippen molar-refractivity contribution in [3.63, 3.8) is 0 Å². The first kappa shape index (κ1) is 17.5. The third-order valence-electron chi connectivity index (χ3n) is 4.19. The first-order chi connectivity index (χ1) is 12.1. The van der Waals surface area contributed by atoms with Gasteiger partial charge in [0.05, 0.1) is 22.6 Å². The highest BCUT2D eigenvalue weighted by Crippen LogP contribution is 2.43. The van der Waals surface area contributed by atoms with Crippen molar-refractivity contribution in [1.82, 2.24) is 4.90 Å². The number of esters is 1. The lowest BCUT2D eigenvalue weighted by Gasteiger charge is -2.33. The summed E-state index contributed by atoms with van der Waals surface area (Å²) in [4.78, 5) is 31.7. The topological polar surface area (TPSA) is 59.0 Å². The molecule has 0 N–H and O–H groups in total. The van der Waals surface area contributed by atoms with Crippen molar-refractivity contribution in [2.24, 2.45) is 4.99 Å². The summed E-state index contributed by atoms with van der Waals surface area (Å²) in [7, 11) is 0. The Morgan fingerprint density at radius 3 is 2.76 bits per heavy atom. The second-order valence-corrected chi connectivity index (χ2v) is 6.99. The molecule has 0 bridgehead atoms. The summed E-state index contributed by atoms with van der Waals surface area (Å²) in [5, 5.41) is 0.491. The minimum absolute atomic E-state index is 0.0124. The highest BCUT2D eigenvalue weighted by atomic mass is 32.2. The second kappa shape index (κ2) is 7.27. The summed E-state index contributed by atoms with van der Waals surface area (Å²) in [5.74, 6) is -0.478. The number of fused-ring (bicyclic) bond motifs is 1.